The molecule has 0 aliphatic carbocycles. The largest absolute Gasteiger partial charge is 0.756 e. The number of unbranched alkanes of at least 4 members (excludes halogenated alkanes) is 27. The topological polar surface area (TPSA) is 128 Å². The molecule has 0 aromatic rings. The molecule has 0 aliphatic heterocycles. The van der Waals surface area contributed by atoms with E-state index in [2.05, 4.69) is 43.5 Å². The number of rotatable bonds is 45. The highest BCUT2D eigenvalue weighted by Crippen LogP contribution is 2.38. The minimum Gasteiger partial charge on any atom is -0.756 e. The van der Waals surface area contributed by atoms with Gasteiger partial charge in [-0.15, -0.1) is 0 Å². The highest BCUT2D eigenvalue weighted by atomic mass is 31.2. The Balaban J connectivity index is 4.34. The number of aliphatic hydroxyl groups is 2. The number of nitrogens with one attached hydrogen (secondary N) is 1. The number of quaternary nitrogens is 1. The summed E-state index contributed by atoms with van der Waals surface area (Å²) in [5, 5.41) is 24.6. The van der Waals surface area contributed by atoms with Crippen LogP contribution in [0, 0.1) is 0 Å². The molecule has 10 heteroatoms. The van der Waals surface area contributed by atoms with Crippen molar-refractivity contribution in [1.82, 2.24) is 5.32 Å². The van der Waals surface area contributed by atoms with Gasteiger partial charge in [0.2, 0.25) is 5.91 Å². The van der Waals surface area contributed by atoms with Crippen LogP contribution < -0.4 is 10.2 Å². The quantitative estimate of drug-likeness (QED) is 0.0241. The average Bonchev–Trinajstić information content (AvgIpc) is 3.19. The van der Waals surface area contributed by atoms with E-state index in [-0.39, 0.29) is 18.9 Å². The van der Waals surface area contributed by atoms with Crippen molar-refractivity contribution in [3.63, 3.8) is 0 Å². The third-order valence-electron chi connectivity index (χ3n) is 11.3. The first-order valence-electron chi connectivity index (χ1n) is 24.8. The summed E-state index contributed by atoms with van der Waals surface area (Å²) in [7, 11) is 1.11. The number of carbonyl (C=O) groups is 1. The Bertz CT molecular complexity index is 1030. The van der Waals surface area contributed by atoms with Crippen LogP contribution in [0.15, 0.2) is 24.3 Å². The second-order valence-electron chi connectivity index (χ2n) is 18.3. The Morgan fingerprint density at radius 2 is 0.966 bits per heavy atom. The summed E-state index contributed by atoms with van der Waals surface area (Å²) in [4.78, 5) is 25.4. The number of carbonyl (C=O) groups excluding carboxylic acids is 1. The van der Waals surface area contributed by atoms with Crippen molar-refractivity contribution in [3.8, 4) is 0 Å². The van der Waals surface area contributed by atoms with Gasteiger partial charge in [-0.1, -0.05) is 179 Å². The number of likely N-dealkylation sites (N-methyl/N-ethyl adjacent to an activating group) is 1. The van der Waals surface area contributed by atoms with E-state index >= 15 is 0 Å². The Kier molecular flexibility index (Phi) is 40.2. The van der Waals surface area contributed by atoms with E-state index < -0.39 is 32.7 Å². The van der Waals surface area contributed by atoms with Gasteiger partial charge in [-0.2, -0.15) is 0 Å². The van der Waals surface area contributed by atoms with Crippen molar-refractivity contribution in [2.24, 2.45) is 0 Å². The molecule has 0 spiro atoms. The molecule has 1 amide bonds. The molecule has 0 bridgehead atoms. The van der Waals surface area contributed by atoms with Crippen LogP contribution in [0.3, 0.4) is 0 Å². The van der Waals surface area contributed by atoms with E-state index in [0.717, 1.165) is 32.1 Å². The molecule has 3 N–H and O–H groups in total. The molecule has 0 fully saturated rings. The van der Waals surface area contributed by atoms with E-state index in [9.17, 15) is 24.5 Å². The summed E-state index contributed by atoms with van der Waals surface area (Å²) < 4.78 is 23.2. The molecule has 0 aromatic carbocycles. The number of aliphatic hydroxyl groups excluding tert-OH is 2. The van der Waals surface area contributed by atoms with Crippen molar-refractivity contribution in [2.45, 2.75) is 244 Å². The molecular formula is C49H97N2O7P. The Morgan fingerprint density at radius 3 is 1.37 bits per heavy atom. The Morgan fingerprint density at radius 1 is 0.593 bits per heavy atom. The summed E-state index contributed by atoms with van der Waals surface area (Å²) in [6.45, 7) is 4.42. The van der Waals surface area contributed by atoms with E-state index in [1.807, 2.05) is 21.1 Å². The molecule has 9 nitrogen and oxygen atoms in total. The van der Waals surface area contributed by atoms with Crippen LogP contribution in [0.1, 0.15) is 226 Å². The minimum atomic E-state index is -4.67. The number of hydrogen-bond donors (Lipinski definition) is 3. The van der Waals surface area contributed by atoms with E-state index in [0.29, 0.717) is 30.3 Å². The smallest absolute Gasteiger partial charge is 0.268 e. The van der Waals surface area contributed by atoms with Gasteiger partial charge in [0.1, 0.15) is 19.3 Å². The van der Waals surface area contributed by atoms with Crippen LogP contribution in [0.5, 0.6) is 0 Å². The van der Waals surface area contributed by atoms with Crippen molar-refractivity contribution >= 4 is 13.7 Å². The minimum absolute atomic E-state index is 0.0451. The second-order valence-corrected chi connectivity index (χ2v) is 19.7. The molecule has 0 aromatic heterocycles. The fraction of sp³-hybridized carbons (Fsp3) is 0.898. The highest BCUT2D eigenvalue weighted by Gasteiger charge is 2.29. The molecule has 0 heterocycles. The molecule has 0 aliphatic rings. The summed E-state index contributed by atoms with van der Waals surface area (Å²) >= 11 is 0. The lowest BCUT2D eigenvalue weighted by Gasteiger charge is -2.31. The number of phosphoric acid groups is 1. The SMILES string of the molecule is CCCCCCCCC/C=C/CCCC(O)C(O)C(COP(=O)([O-])OCC[N+](C)(C)C)NC(=O)CCCCCCCCCCCCC/C=C\CCCCCCCCCC. The first-order valence-corrected chi connectivity index (χ1v) is 26.2. The van der Waals surface area contributed by atoms with Gasteiger partial charge in [0, 0.05) is 6.42 Å². The van der Waals surface area contributed by atoms with Gasteiger partial charge in [-0.05, 0) is 64.2 Å². The standard InChI is InChI=1S/C49H97N2O7P/c1-6-8-10-12-14-16-18-20-21-22-23-24-25-26-27-28-29-30-32-34-36-38-40-42-48(53)50-46(45-58-59(55,56)57-44-43-51(3,4)5)49(54)47(52)41-39-37-35-33-31-19-17-15-13-11-9-7-2/h22-23,33,35,46-47,49,52,54H,6-21,24-32,34,36-45H2,1-5H3,(H-,50,53,55,56)/b23-22-,35-33+. The van der Waals surface area contributed by atoms with Gasteiger partial charge >= 0.3 is 0 Å². The maximum atomic E-state index is 12.9. The van der Waals surface area contributed by atoms with E-state index in [1.165, 1.54) is 154 Å². The molecule has 4 atom stereocenters. The molecule has 59 heavy (non-hydrogen) atoms. The lowest BCUT2D eigenvalue weighted by molar-refractivity contribution is -0.870. The molecule has 0 radical (unpaired) electrons. The predicted octanol–water partition coefficient (Wildman–Crippen LogP) is 12.4. The van der Waals surface area contributed by atoms with Gasteiger partial charge < -0.3 is 34.0 Å². The van der Waals surface area contributed by atoms with Crippen molar-refractivity contribution in [3.05, 3.63) is 24.3 Å². The van der Waals surface area contributed by atoms with E-state index in [1.54, 1.807) is 0 Å². The summed E-state index contributed by atoms with van der Waals surface area (Å²) in [6, 6.07) is -1.09. The third-order valence-corrected chi connectivity index (χ3v) is 12.2. The number of amides is 1. The highest BCUT2D eigenvalue weighted by molar-refractivity contribution is 7.45. The maximum absolute atomic E-state index is 12.9. The van der Waals surface area contributed by atoms with E-state index in [4.69, 9.17) is 9.05 Å². The van der Waals surface area contributed by atoms with Crippen molar-refractivity contribution in [1.29, 1.82) is 0 Å². The monoisotopic (exact) mass is 857 g/mol. The summed E-state index contributed by atoms with van der Waals surface area (Å²) in [5.41, 5.74) is 0. The summed E-state index contributed by atoms with van der Waals surface area (Å²) in [5.74, 6) is -0.288. The zero-order chi connectivity index (χ0) is 43.7. The number of phosphoric ester groups is 1. The van der Waals surface area contributed by atoms with Crippen LogP contribution in [-0.2, 0) is 18.4 Å². The zero-order valence-electron chi connectivity index (χ0n) is 39.3. The first kappa shape index (κ1) is 57.9. The molecule has 350 valence electrons. The maximum Gasteiger partial charge on any atom is 0.268 e. The molecule has 4 unspecified atom stereocenters. The van der Waals surface area contributed by atoms with Gasteiger partial charge in [0.15, 0.2) is 0 Å². The lowest BCUT2D eigenvalue weighted by atomic mass is 10.0. The Labute approximate surface area is 365 Å². The first-order chi connectivity index (χ1) is 28.4. The molecular weight excluding hydrogens is 760 g/mol. The number of allylic oxidation sites excluding steroid dienone is 4. The van der Waals surface area contributed by atoms with Crippen LogP contribution in [0.2, 0.25) is 0 Å². The fourth-order valence-electron chi connectivity index (χ4n) is 7.25. The summed E-state index contributed by atoms with van der Waals surface area (Å²) in [6.07, 6.45) is 45.1. The van der Waals surface area contributed by atoms with Gasteiger partial charge in [0.05, 0.1) is 39.9 Å². The predicted molar refractivity (Wildman–Crippen MR) is 248 cm³/mol. The number of nitrogens with zero attached hydrogens (tertiary/aromatic N) is 1. The van der Waals surface area contributed by atoms with Crippen LogP contribution in [0.4, 0.5) is 0 Å². The van der Waals surface area contributed by atoms with Crippen LogP contribution in [0.25, 0.3) is 0 Å². The van der Waals surface area contributed by atoms with Gasteiger partial charge in [-0.3, -0.25) is 9.36 Å². The van der Waals surface area contributed by atoms with Crippen molar-refractivity contribution < 1.29 is 38.0 Å². The molecule has 0 rings (SSSR count). The Hall–Kier alpha value is -1.06. The fourth-order valence-corrected chi connectivity index (χ4v) is 7.97. The lowest BCUT2D eigenvalue weighted by Crippen LogP contribution is -2.51. The van der Waals surface area contributed by atoms with Gasteiger partial charge in [0.25, 0.3) is 7.82 Å². The molecule has 0 saturated heterocycles. The normalized spacial score (nSPS) is 14.9. The zero-order valence-corrected chi connectivity index (χ0v) is 40.2. The van der Waals surface area contributed by atoms with Crippen LogP contribution in [-0.4, -0.2) is 79.8 Å². The molecule has 0 saturated carbocycles. The van der Waals surface area contributed by atoms with Crippen molar-refractivity contribution in [2.75, 3.05) is 40.9 Å². The third kappa shape index (κ3) is 42.0. The average molecular weight is 857 g/mol. The van der Waals surface area contributed by atoms with Crippen LogP contribution >= 0.6 is 7.82 Å². The van der Waals surface area contributed by atoms with Gasteiger partial charge in [-0.25, -0.2) is 0 Å². The number of hydrogen-bond acceptors (Lipinski definition) is 7. The second kappa shape index (κ2) is 41.0.